The number of hydrogen-bond acceptors (Lipinski definition) is 4. The summed E-state index contributed by atoms with van der Waals surface area (Å²) in [4.78, 5) is 30.7. The van der Waals surface area contributed by atoms with E-state index in [1.54, 1.807) is 0 Å². The van der Waals surface area contributed by atoms with Crippen molar-refractivity contribution in [1.82, 2.24) is 4.90 Å². The van der Waals surface area contributed by atoms with Crippen LogP contribution in [0, 0.1) is 5.41 Å². The van der Waals surface area contributed by atoms with Gasteiger partial charge in [0.2, 0.25) is 0 Å². The van der Waals surface area contributed by atoms with E-state index in [1.165, 1.54) is 12.7 Å². The molecule has 1 aromatic carbocycles. The van der Waals surface area contributed by atoms with Crippen molar-refractivity contribution in [1.29, 1.82) is 0 Å². The maximum atomic E-state index is 13.4. The molecule has 4 atom stereocenters. The van der Waals surface area contributed by atoms with Gasteiger partial charge in [-0.2, -0.15) is 0 Å². The fourth-order valence-electron chi connectivity index (χ4n) is 7.32. The first-order valence-electron chi connectivity index (χ1n) is 9.53. The van der Waals surface area contributed by atoms with Crippen molar-refractivity contribution in [3.63, 3.8) is 0 Å². The van der Waals surface area contributed by atoms with E-state index in [0.29, 0.717) is 12.2 Å². The first-order valence-corrected chi connectivity index (χ1v) is 9.53. The van der Waals surface area contributed by atoms with Gasteiger partial charge in [0.05, 0.1) is 23.8 Å². The van der Waals surface area contributed by atoms with Gasteiger partial charge in [-0.3, -0.25) is 14.6 Å². The number of methoxy groups -OCH3 is 1. The van der Waals surface area contributed by atoms with Crippen LogP contribution in [0.5, 0.6) is 0 Å². The minimum Gasteiger partial charge on any atom is -0.452 e. The Morgan fingerprint density at radius 1 is 1.23 bits per heavy atom. The molecule has 0 aromatic heterocycles. The van der Waals surface area contributed by atoms with Crippen molar-refractivity contribution in [2.45, 2.75) is 42.7 Å². The third-order valence-corrected chi connectivity index (χ3v) is 8.03. The molecule has 4 fully saturated rings. The topological polar surface area (TPSA) is 49.9 Å². The largest absolute Gasteiger partial charge is 0.452 e. The van der Waals surface area contributed by atoms with Crippen LogP contribution in [0.15, 0.2) is 36.4 Å². The SMILES string of the molecule is COC(=O)N1c2ccccc2[C@@]23CCN4CC=C[C@]5(CC[C@]12CC5=O)[C@H]43. The second kappa shape index (κ2) is 4.39. The molecule has 1 saturated heterocycles. The number of carbonyl (C=O) groups is 2. The van der Waals surface area contributed by atoms with Crippen LogP contribution in [0.3, 0.4) is 0 Å². The molecular formula is C21H22N2O3. The maximum Gasteiger partial charge on any atom is 0.414 e. The summed E-state index contributed by atoms with van der Waals surface area (Å²) in [6, 6.07) is 8.42. The number of nitrogens with zero attached hydrogens (tertiary/aromatic N) is 2. The summed E-state index contributed by atoms with van der Waals surface area (Å²) in [5.41, 5.74) is 1.16. The zero-order chi connectivity index (χ0) is 17.7. The average molecular weight is 350 g/mol. The number of Topliss-reactive ketones (excluding diaryl/α,β-unsaturated/α-hetero) is 1. The Morgan fingerprint density at radius 2 is 2.08 bits per heavy atom. The highest BCUT2D eigenvalue weighted by molar-refractivity contribution is 6.01. The van der Waals surface area contributed by atoms with E-state index in [-0.39, 0.29) is 23.0 Å². The van der Waals surface area contributed by atoms with Gasteiger partial charge in [-0.25, -0.2) is 4.79 Å². The number of rotatable bonds is 0. The molecule has 2 bridgehead atoms. The third kappa shape index (κ3) is 1.26. The van der Waals surface area contributed by atoms with Crippen molar-refractivity contribution in [3.05, 3.63) is 42.0 Å². The van der Waals surface area contributed by atoms with Crippen LogP contribution in [0.1, 0.15) is 31.2 Å². The van der Waals surface area contributed by atoms with Crippen LogP contribution in [0.2, 0.25) is 0 Å². The predicted molar refractivity (Wildman–Crippen MR) is 96.1 cm³/mol. The fourth-order valence-corrected chi connectivity index (χ4v) is 7.32. The van der Waals surface area contributed by atoms with Crippen LogP contribution < -0.4 is 4.90 Å². The summed E-state index contributed by atoms with van der Waals surface area (Å²) in [6.07, 6.45) is 7.18. The highest BCUT2D eigenvalue weighted by atomic mass is 16.5. The number of carbonyl (C=O) groups excluding carboxylic acids is 2. The molecule has 3 aliphatic carbocycles. The van der Waals surface area contributed by atoms with Gasteiger partial charge in [-0.1, -0.05) is 30.4 Å². The molecule has 0 unspecified atom stereocenters. The van der Waals surface area contributed by atoms with Crippen LogP contribution in [0.4, 0.5) is 10.5 Å². The molecule has 5 heteroatoms. The van der Waals surface area contributed by atoms with Crippen LogP contribution in [-0.2, 0) is 14.9 Å². The quantitative estimate of drug-likeness (QED) is 0.675. The van der Waals surface area contributed by atoms with E-state index in [9.17, 15) is 9.59 Å². The van der Waals surface area contributed by atoms with Crippen molar-refractivity contribution in [2.75, 3.05) is 25.1 Å². The Balaban J connectivity index is 1.71. The molecule has 134 valence electrons. The number of ether oxygens (including phenoxy) is 1. The van der Waals surface area contributed by atoms with Gasteiger partial charge in [0.1, 0.15) is 5.78 Å². The maximum absolute atomic E-state index is 13.4. The predicted octanol–water partition coefficient (Wildman–Crippen LogP) is 2.65. The smallest absolute Gasteiger partial charge is 0.414 e. The lowest BCUT2D eigenvalue weighted by atomic mass is 9.42. The molecule has 5 nitrogen and oxygen atoms in total. The van der Waals surface area contributed by atoms with Crippen molar-refractivity contribution < 1.29 is 14.3 Å². The van der Waals surface area contributed by atoms with E-state index in [4.69, 9.17) is 4.74 Å². The lowest BCUT2D eigenvalue weighted by Gasteiger charge is -2.65. The normalized spacial score (nSPS) is 41.8. The molecule has 6 aliphatic rings. The number of hydrogen-bond donors (Lipinski definition) is 0. The molecule has 3 saturated carbocycles. The summed E-state index contributed by atoms with van der Waals surface area (Å²) in [5.74, 6) is 0.300. The lowest BCUT2D eigenvalue weighted by molar-refractivity contribution is -0.147. The van der Waals surface area contributed by atoms with Gasteiger partial charge >= 0.3 is 6.09 Å². The van der Waals surface area contributed by atoms with E-state index in [2.05, 4.69) is 29.2 Å². The summed E-state index contributed by atoms with van der Waals surface area (Å²) < 4.78 is 5.20. The molecule has 7 rings (SSSR count). The Kier molecular flexibility index (Phi) is 2.53. The first kappa shape index (κ1) is 15.0. The highest BCUT2D eigenvalue weighted by Gasteiger charge is 2.79. The number of amides is 1. The van der Waals surface area contributed by atoms with E-state index in [0.717, 1.165) is 38.0 Å². The van der Waals surface area contributed by atoms with E-state index in [1.807, 2.05) is 17.0 Å². The molecule has 1 aromatic rings. The standard InChI is InChI=1S/C21H22N2O3/c1-26-18(25)23-15-6-3-2-5-14(15)21-10-12-22-11-4-7-19(17(21)22)8-9-20(21,23)13-16(19)24/h2-7,17H,8-13H2,1H3/t17-,19+,20+,21+/m0/s1. The number of fused-ring (bicyclic) bond motifs is 3. The molecule has 1 amide bonds. The summed E-state index contributed by atoms with van der Waals surface area (Å²) in [7, 11) is 1.44. The van der Waals surface area contributed by atoms with Crippen molar-refractivity contribution in [3.8, 4) is 0 Å². The first-order chi connectivity index (χ1) is 12.6. The van der Waals surface area contributed by atoms with Gasteiger partial charge < -0.3 is 4.74 Å². The minimum atomic E-state index is -0.479. The number of benzene rings is 1. The molecular weight excluding hydrogens is 328 g/mol. The number of para-hydroxylation sites is 1. The average Bonchev–Trinajstić information content (AvgIpc) is 3.18. The van der Waals surface area contributed by atoms with Crippen molar-refractivity contribution in [2.24, 2.45) is 5.41 Å². The molecule has 3 heterocycles. The van der Waals surface area contributed by atoms with Crippen LogP contribution >= 0.6 is 0 Å². The minimum absolute atomic E-state index is 0.158. The zero-order valence-corrected chi connectivity index (χ0v) is 14.9. The van der Waals surface area contributed by atoms with Gasteiger partial charge in [-0.15, -0.1) is 0 Å². The van der Waals surface area contributed by atoms with Gasteiger partial charge in [-0.05, 0) is 37.4 Å². The molecule has 3 aliphatic heterocycles. The zero-order valence-electron chi connectivity index (χ0n) is 14.9. The Labute approximate surface area is 152 Å². The Bertz CT molecular complexity index is 895. The molecule has 3 spiro atoms. The highest BCUT2D eigenvalue weighted by Crippen LogP contribution is 2.72. The second-order valence-electron chi connectivity index (χ2n) is 8.52. The Hall–Kier alpha value is -2.14. The Morgan fingerprint density at radius 3 is 2.88 bits per heavy atom. The molecule has 0 N–H and O–H groups in total. The molecule has 0 radical (unpaired) electrons. The summed E-state index contributed by atoms with van der Waals surface area (Å²) >= 11 is 0. The number of ketones is 1. The van der Waals surface area contributed by atoms with Crippen LogP contribution in [-0.4, -0.2) is 48.6 Å². The van der Waals surface area contributed by atoms with Gasteiger partial charge in [0.15, 0.2) is 0 Å². The summed E-state index contributed by atoms with van der Waals surface area (Å²) in [5, 5.41) is 0. The van der Waals surface area contributed by atoms with E-state index < -0.39 is 5.54 Å². The summed E-state index contributed by atoms with van der Waals surface area (Å²) in [6.45, 7) is 1.88. The fraction of sp³-hybridized carbons (Fsp3) is 0.524. The molecule has 26 heavy (non-hydrogen) atoms. The van der Waals surface area contributed by atoms with E-state index >= 15 is 0 Å². The third-order valence-electron chi connectivity index (χ3n) is 8.03. The number of anilines is 1. The van der Waals surface area contributed by atoms with Gasteiger partial charge in [0, 0.05) is 24.4 Å². The van der Waals surface area contributed by atoms with Gasteiger partial charge in [0.25, 0.3) is 0 Å². The van der Waals surface area contributed by atoms with Crippen molar-refractivity contribution >= 4 is 17.6 Å². The second-order valence-corrected chi connectivity index (χ2v) is 8.52. The monoisotopic (exact) mass is 350 g/mol. The van der Waals surface area contributed by atoms with Crippen LogP contribution in [0.25, 0.3) is 0 Å². The lowest BCUT2D eigenvalue weighted by Crippen LogP contribution is -2.77.